The molecule has 4 aromatic rings. The van der Waals surface area contributed by atoms with Gasteiger partial charge in [0, 0.05) is 50.1 Å². The maximum atomic E-state index is 14.2. The lowest BCUT2D eigenvalue weighted by molar-refractivity contribution is -0.134. The van der Waals surface area contributed by atoms with Gasteiger partial charge >= 0.3 is 11.7 Å². The average molecular weight is 659 g/mol. The fraction of sp³-hybridized carbons (Fsp3) is 0.514. The lowest BCUT2D eigenvalue weighted by atomic mass is 9.97. The predicted octanol–water partition coefficient (Wildman–Crippen LogP) is 3.45. The maximum Gasteiger partial charge on any atom is 0.329 e. The zero-order valence-corrected chi connectivity index (χ0v) is 27.3. The summed E-state index contributed by atoms with van der Waals surface area (Å²) < 4.78 is 15.4. The molecule has 0 saturated carbocycles. The van der Waals surface area contributed by atoms with Gasteiger partial charge in [0.2, 0.25) is 5.91 Å². The first-order valence-corrected chi connectivity index (χ1v) is 17.2. The molecule has 3 amide bonds. The third-order valence-electron chi connectivity index (χ3n) is 10.6. The Hall–Kier alpha value is -4.52. The van der Waals surface area contributed by atoms with Crippen LogP contribution in [0.5, 0.6) is 0 Å². The first-order valence-electron chi connectivity index (χ1n) is 17.2. The lowest BCUT2D eigenvalue weighted by Crippen LogP contribution is -2.56. The Bertz CT molecular complexity index is 1930. The fourth-order valence-electron chi connectivity index (χ4n) is 7.94. The van der Waals surface area contributed by atoms with E-state index in [1.807, 2.05) is 24.0 Å². The Kier molecular flexibility index (Phi) is 9.04. The van der Waals surface area contributed by atoms with E-state index in [-0.39, 0.29) is 22.8 Å². The van der Waals surface area contributed by atoms with E-state index in [1.165, 1.54) is 37.5 Å². The molecule has 1 atom stereocenters. The molecule has 12 nitrogen and oxygen atoms in total. The molecule has 0 bridgehead atoms. The highest BCUT2D eigenvalue weighted by atomic mass is 19.1. The highest BCUT2D eigenvalue weighted by molar-refractivity contribution is 5.88. The van der Waals surface area contributed by atoms with Crippen molar-refractivity contribution in [3.8, 4) is 0 Å². The fourth-order valence-corrected chi connectivity index (χ4v) is 7.94. The van der Waals surface area contributed by atoms with Crippen LogP contribution in [0.4, 0.5) is 9.18 Å². The summed E-state index contributed by atoms with van der Waals surface area (Å²) in [5.41, 5.74) is 1.59. The number of likely N-dealkylation sites (tertiary alicyclic amines) is 3. The van der Waals surface area contributed by atoms with Gasteiger partial charge < -0.3 is 25.0 Å². The summed E-state index contributed by atoms with van der Waals surface area (Å²) >= 11 is 0. The molecule has 1 unspecified atom stereocenters. The lowest BCUT2D eigenvalue weighted by Gasteiger charge is -2.41. The number of carbonyl (C=O) groups is 2. The number of nitrogens with zero attached hydrogens (tertiary/aromatic N) is 5. The molecule has 5 heterocycles. The minimum atomic E-state index is -0.758. The molecule has 3 aliphatic rings. The van der Waals surface area contributed by atoms with Crippen molar-refractivity contribution in [3.63, 3.8) is 0 Å². The topological polar surface area (TPSA) is 139 Å². The van der Waals surface area contributed by atoms with Crippen molar-refractivity contribution in [1.82, 2.24) is 39.8 Å². The monoisotopic (exact) mass is 658 g/mol. The van der Waals surface area contributed by atoms with E-state index in [0.717, 1.165) is 52.5 Å². The van der Waals surface area contributed by atoms with Crippen LogP contribution in [-0.4, -0.2) is 97.7 Å². The summed E-state index contributed by atoms with van der Waals surface area (Å²) in [4.78, 5) is 62.5. The van der Waals surface area contributed by atoms with Crippen LogP contribution in [0.1, 0.15) is 62.1 Å². The molecule has 0 spiro atoms. The third-order valence-corrected chi connectivity index (χ3v) is 10.6. The van der Waals surface area contributed by atoms with E-state index in [0.29, 0.717) is 51.5 Å². The highest BCUT2D eigenvalue weighted by Gasteiger charge is 2.34. The second-order valence-corrected chi connectivity index (χ2v) is 13.6. The third kappa shape index (κ3) is 6.35. The van der Waals surface area contributed by atoms with Crippen LogP contribution in [0, 0.1) is 12.7 Å². The molecule has 2 aromatic heterocycles. The Morgan fingerprint density at radius 2 is 1.65 bits per heavy atom. The number of aromatic nitrogens is 4. The van der Waals surface area contributed by atoms with Crippen molar-refractivity contribution >= 4 is 33.7 Å². The van der Waals surface area contributed by atoms with E-state index in [1.54, 1.807) is 11.1 Å². The molecular weight excluding hydrogens is 615 g/mol. The zero-order valence-electron chi connectivity index (χ0n) is 27.3. The molecule has 3 saturated heterocycles. The van der Waals surface area contributed by atoms with Crippen molar-refractivity contribution < 1.29 is 14.0 Å². The molecule has 48 heavy (non-hydrogen) atoms. The molecule has 2 aromatic carbocycles. The molecule has 7 rings (SSSR count). The van der Waals surface area contributed by atoms with Gasteiger partial charge in [-0.2, -0.15) is 5.10 Å². The summed E-state index contributed by atoms with van der Waals surface area (Å²) in [6, 6.07) is 7.13. The molecule has 0 radical (unpaired) electrons. The van der Waals surface area contributed by atoms with Crippen molar-refractivity contribution in [2.24, 2.45) is 0 Å². The number of urea groups is 1. The normalized spacial score (nSPS) is 19.2. The minimum absolute atomic E-state index is 0.0817. The summed E-state index contributed by atoms with van der Waals surface area (Å²) in [5, 5.41) is 11.3. The number of hydrogen-bond donors (Lipinski definition) is 3. The van der Waals surface area contributed by atoms with Crippen LogP contribution in [0.25, 0.3) is 21.8 Å². The second kappa shape index (κ2) is 13.5. The number of fused-ring (bicyclic) bond motifs is 2. The van der Waals surface area contributed by atoms with Crippen LogP contribution < -0.4 is 16.6 Å². The highest BCUT2D eigenvalue weighted by Crippen LogP contribution is 2.25. The van der Waals surface area contributed by atoms with Gasteiger partial charge in [-0.05, 0) is 87.9 Å². The average Bonchev–Trinajstić information content (AvgIpc) is 3.58. The summed E-state index contributed by atoms with van der Waals surface area (Å²) in [5.74, 6) is -0.739. The maximum absolute atomic E-state index is 14.2. The molecular formula is C35H43FN8O4. The molecule has 0 aliphatic carbocycles. The second-order valence-electron chi connectivity index (χ2n) is 13.6. The quantitative estimate of drug-likeness (QED) is 0.290. The van der Waals surface area contributed by atoms with E-state index < -0.39 is 29.1 Å². The Labute approximate surface area is 277 Å². The zero-order chi connectivity index (χ0) is 33.4. The van der Waals surface area contributed by atoms with E-state index in [2.05, 4.69) is 25.4 Å². The Morgan fingerprint density at radius 1 is 0.938 bits per heavy atom. The first kappa shape index (κ1) is 32.0. The number of rotatable bonds is 6. The Morgan fingerprint density at radius 3 is 2.40 bits per heavy atom. The number of carbonyl (C=O) groups excluding carboxylic acids is 2. The van der Waals surface area contributed by atoms with Gasteiger partial charge in [-0.15, -0.1) is 0 Å². The van der Waals surface area contributed by atoms with Crippen LogP contribution in [0.2, 0.25) is 0 Å². The van der Waals surface area contributed by atoms with Crippen LogP contribution >= 0.6 is 0 Å². The largest absolute Gasteiger partial charge is 0.341 e. The van der Waals surface area contributed by atoms with E-state index in [9.17, 15) is 23.6 Å². The van der Waals surface area contributed by atoms with Gasteiger partial charge in [0.1, 0.15) is 11.9 Å². The number of aromatic amines is 2. The number of benzene rings is 2. The molecule has 3 fully saturated rings. The molecule has 3 aliphatic heterocycles. The van der Waals surface area contributed by atoms with Crippen LogP contribution in [0.3, 0.4) is 0 Å². The van der Waals surface area contributed by atoms with Gasteiger partial charge in [-0.25, -0.2) is 14.0 Å². The summed E-state index contributed by atoms with van der Waals surface area (Å²) in [7, 11) is 0. The van der Waals surface area contributed by atoms with Crippen molar-refractivity contribution in [2.75, 3.05) is 39.3 Å². The van der Waals surface area contributed by atoms with Crippen molar-refractivity contribution in [3.05, 3.63) is 74.3 Å². The van der Waals surface area contributed by atoms with Crippen LogP contribution in [-0.2, 0) is 11.2 Å². The van der Waals surface area contributed by atoms with Gasteiger partial charge in [0.15, 0.2) is 0 Å². The SMILES string of the molecule is Cc1cc(CC(NC(=O)N2CCC(n3c(=O)[nH]c4c(F)cccc4c3=O)CC2)C(=O)N2CCC(N3CCCCC3)CC2)cc2cn[nH]c12. The smallest absolute Gasteiger partial charge is 0.329 e. The van der Waals surface area contributed by atoms with Crippen molar-refractivity contribution in [2.45, 2.75) is 76.4 Å². The van der Waals surface area contributed by atoms with Crippen molar-refractivity contribution in [1.29, 1.82) is 0 Å². The van der Waals surface area contributed by atoms with Crippen LogP contribution in [0.15, 0.2) is 46.1 Å². The number of para-hydroxylation sites is 1. The van der Waals surface area contributed by atoms with Gasteiger partial charge in [0.25, 0.3) is 5.56 Å². The number of piperidine rings is 3. The van der Waals surface area contributed by atoms with E-state index in [4.69, 9.17) is 0 Å². The summed E-state index contributed by atoms with van der Waals surface area (Å²) in [6.45, 7) is 6.18. The Balaban J connectivity index is 1.05. The molecule has 3 N–H and O–H groups in total. The molecule has 13 heteroatoms. The number of hydrogen-bond acceptors (Lipinski definition) is 6. The van der Waals surface area contributed by atoms with Gasteiger partial charge in [-0.1, -0.05) is 18.6 Å². The van der Waals surface area contributed by atoms with E-state index >= 15 is 0 Å². The number of amides is 3. The minimum Gasteiger partial charge on any atom is -0.341 e. The first-order chi connectivity index (χ1) is 23.3. The molecule has 254 valence electrons. The number of nitrogens with one attached hydrogen (secondary N) is 3. The van der Waals surface area contributed by atoms with Gasteiger partial charge in [0.05, 0.1) is 22.6 Å². The van der Waals surface area contributed by atoms with Gasteiger partial charge in [-0.3, -0.25) is 19.3 Å². The predicted molar refractivity (Wildman–Crippen MR) is 181 cm³/mol. The number of H-pyrrole nitrogens is 2. The summed E-state index contributed by atoms with van der Waals surface area (Å²) in [6.07, 6.45) is 8.47. The number of aryl methyl sites for hydroxylation is 1. The number of halogens is 1. The standard InChI is InChI=1S/C35H43FN8O4/c1-22-18-23(19-24-21-37-40-30(22)24)20-29(33(46)42-14-8-25(9-15-42)41-12-3-2-4-13-41)38-34(47)43-16-10-26(11-17-43)44-32(45)27-6-5-7-28(36)31(27)39-35(44)48/h5-7,18-19,21,25-26,29H,2-4,8-17,20H2,1H3,(H,37,40)(H,38,47)(H,39,48).